The van der Waals surface area contributed by atoms with Crippen LogP contribution in [0.25, 0.3) is 0 Å². The fraction of sp³-hybridized carbons (Fsp3) is 0.222. The van der Waals surface area contributed by atoms with Gasteiger partial charge in [0.15, 0.2) is 0 Å². The number of ether oxygens (including phenoxy) is 1. The van der Waals surface area contributed by atoms with Crippen molar-refractivity contribution in [3.05, 3.63) is 57.8 Å². The smallest absolute Gasteiger partial charge is 0.144 e. The van der Waals surface area contributed by atoms with Crippen LogP contribution in [0.2, 0.25) is 10.0 Å². The Kier molecular flexibility index (Phi) is 5.73. The Morgan fingerprint density at radius 3 is 2.69 bits per heavy atom. The summed E-state index contributed by atoms with van der Waals surface area (Å²) in [6, 6.07) is 11.0. The lowest BCUT2D eigenvalue weighted by atomic mass is 9.84. The summed E-state index contributed by atoms with van der Waals surface area (Å²) in [5.74, 6) is -0.358. The second-order valence-electron chi connectivity index (χ2n) is 5.99. The van der Waals surface area contributed by atoms with Crippen LogP contribution in [0.4, 0.5) is 4.39 Å². The molecule has 1 aliphatic heterocycles. The van der Waals surface area contributed by atoms with Gasteiger partial charge in [-0.25, -0.2) is 8.70 Å². The highest BCUT2D eigenvalue weighted by Crippen LogP contribution is 2.40. The zero-order valence-corrected chi connectivity index (χ0v) is 15.7. The second-order valence-corrected chi connectivity index (χ2v) is 7.97. The van der Waals surface area contributed by atoms with Gasteiger partial charge in [-0.1, -0.05) is 23.2 Å². The number of hydrogen-bond acceptors (Lipinski definition) is 5. The lowest BCUT2D eigenvalue weighted by Crippen LogP contribution is -2.57. The van der Waals surface area contributed by atoms with Gasteiger partial charge in [0.05, 0.1) is 16.0 Å². The van der Waals surface area contributed by atoms with E-state index < -0.39 is 11.2 Å². The molecule has 2 aromatic carbocycles. The summed E-state index contributed by atoms with van der Waals surface area (Å²) in [4.78, 5) is 12.4. The van der Waals surface area contributed by atoms with E-state index in [4.69, 9.17) is 33.2 Å². The van der Waals surface area contributed by atoms with Gasteiger partial charge in [-0.2, -0.15) is 5.26 Å². The molecule has 0 unspecified atom stereocenters. The molecule has 1 saturated heterocycles. The van der Waals surface area contributed by atoms with Crippen molar-refractivity contribution in [3.8, 4) is 11.8 Å². The number of rotatable bonds is 6. The van der Waals surface area contributed by atoms with Crippen molar-refractivity contribution >= 4 is 41.4 Å². The van der Waals surface area contributed by atoms with Crippen LogP contribution in [0.5, 0.6) is 5.75 Å². The van der Waals surface area contributed by atoms with E-state index in [2.05, 4.69) is 0 Å². The first-order valence-corrected chi connectivity index (χ1v) is 9.14. The topological polar surface area (TPSA) is 53.3 Å². The van der Waals surface area contributed by atoms with Gasteiger partial charge in [-0.05, 0) is 42.3 Å². The number of nitrogens with zero attached hydrogens (tertiary/aromatic N) is 2. The van der Waals surface area contributed by atoms with E-state index in [0.717, 1.165) is 17.2 Å². The van der Waals surface area contributed by atoms with Crippen LogP contribution in [0.1, 0.15) is 5.56 Å². The predicted molar refractivity (Wildman–Crippen MR) is 99.0 cm³/mol. The fourth-order valence-electron chi connectivity index (χ4n) is 2.51. The van der Waals surface area contributed by atoms with Crippen LogP contribution >= 0.6 is 35.1 Å². The Labute approximate surface area is 164 Å². The first-order valence-electron chi connectivity index (χ1n) is 7.61. The number of aldehydes is 1. The Balaban J connectivity index is 1.58. The van der Waals surface area contributed by atoms with E-state index in [1.165, 1.54) is 24.1 Å². The van der Waals surface area contributed by atoms with Gasteiger partial charge in [-0.3, -0.25) is 0 Å². The normalized spacial score (nSPS) is 15.8. The highest BCUT2D eigenvalue weighted by Gasteiger charge is 2.44. The summed E-state index contributed by atoms with van der Waals surface area (Å²) >= 11 is 13.5. The van der Waals surface area contributed by atoms with Crippen LogP contribution in [0, 0.1) is 22.6 Å². The van der Waals surface area contributed by atoms with Crippen molar-refractivity contribution < 1.29 is 13.9 Å². The fourth-order valence-corrected chi connectivity index (χ4v) is 4.22. The maximum Gasteiger partial charge on any atom is 0.144 e. The minimum atomic E-state index is -0.656. The van der Waals surface area contributed by atoms with E-state index in [9.17, 15) is 9.18 Å². The third kappa shape index (κ3) is 4.13. The first kappa shape index (κ1) is 19.0. The van der Waals surface area contributed by atoms with Crippen LogP contribution in [0.15, 0.2) is 41.3 Å². The molecule has 0 spiro atoms. The number of hydrogen-bond donors (Lipinski definition) is 0. The van der Waals surface area contributed by atoms with Gasteiger partial charge in [-0.15, -0.1) is 0 Å². The third-order valence-corrected chi connectivity index (χ3v) is 5.67. The lowest BCUT2D eigenvalue weighted by Gasteiger charge is -2.45. The molecule has 0 aromatic heterocycles. The molecular formula is C18H13Cl2FN2O2S. The van der Waals surface area contributed by atoms with E-state index in [-0.39, 0.29) is 17.9 Å². The van der Waals surface area contributed by atoms with Crippen molar-refractivity contribution in [2.45, 2.75) is 4.90 Å². The quantitative estimate of drug-likeness (QED) is 0.514. The van der Waals surface area contributed by atoms with Gasteiger partial charge >= 0.3 is 0 Å². The van der Waals surface area contributed by atoms with E-state index >= 15 is 0 Å². The predicted octanol–water partition coefficient (Wildman–Crippen LogP) is 4.59. The summed E-state index contributed by atoms with van der Waals surface area (Å²) < 4.78 is 21.2. The molecule has 134 valence electrons. The standard InChI is InChI=1S/C18H13Cl2FN2O2S/c19-13-2-4-17(15(20)5-13)26-23-8-18(9-23,10-24)11-25-14-3-1-12(7-22)16(21)6-14/h1-6,10H,8-9,11H2. The van der Waals surface area contributed by atoms with Crippen LogP contribution in [-0.2, 0) is 4.79 Å². The minimum Gasteiger partial charge on any atom is -0.492 e. The van der Waals surface area contributed by atoms with Crippen molar-refractivity contribution in [1.82, 2.24) is 4.31 Å². The van der Waals surface area contributed by atoms with E-state index in [0.29, 0.717) is 23.1 Å². The zero-order chi connectivity index (χ0) is 18.7. The molecule has 0 saturated carbocycles. The molecule has 4 nitrogen and oxygen atoms in total. The molecule has 26 heavy (non-hydrogen) atoms. The van der Waals surface area contributed by atoms with Gasteiger partial charge in [0.1, 0.15) is 30.5 Å². The monoisotopic (exact) mass is 410 g/mol. The van der Waals surface area contributed by atoms with Gasteiger partial charge < -0.3 is 9.53 Å². The Morgan fingerprint density at radius 2 is 2.08 bits per heavy atom. The summed E-state index contributed by atoms with van der Waals surface area (Å²) in [7, 11) is 0. The van der Waals surface area contributed by atoms with Crippen molar-refractivity contribution in [2.24, 2.45) is 5.41 Å². The first-order chi connectivity index (χ1) is 12.4. The largest absolute Gasteiger partial charge is 0.492 e. The van der Waals surface area contributed by atoms with Gasteiger partial charge in [0.2, 0.25) is 0 Å². The number of halogens is 3. The molecule has 0 aliphatic carbocycles. The molecule has 0 radical (unpaired) electrons. The van der Waals surface area contributed by atoms with E-state index in [1.807, 2.05) is 10.4 Å². The number of carbonyl (C=O) groups is 1. The second kappa shape index (κ2) is 7.85. The van der Waals surface area contributed by atoms with Crippen LogP contribution in [-0.4, -0.2) is 30.3 Å². The molecule has 0 atom stereocenters. The summed E-state index contributed by atoms with van der Waals surface area (Å²) in [6.45, 7) is 1.10. The summed E-state index contributed by atoms with van der Waals surface area (Å²) in [5.41, 5.74) is -0.704. The molecule has 3 rings (SSSR count). The molecular weight excluding hydrogens is 398 g/mol. The minimum absolute atomic E-state index is 0.0477. The van der Waals surface area contributed by atoms with Crippen molar-refractivity contribution in [3.63, 3.8) is 0 Å². The molecule has 0 amide bonds. The van der Waals surface area contributed by atoms with Crippen molar-refractivity contribution in [2.75, 3.05) is 19.7 Å². The molecule has 1 fully saturated rings. The number of nitriles is 1. The molecule has 0 N–H and O–H groups in total. The average Bonchev–Trinajstić information content (AvgIpc) is 2.59. The maximum absolute atomic E-state index is 13.6. The zero-order valence-electron chi connectivity index (χ0n) is 13.4. The van der Waals surface area contributed by atoms with E-state index in [1.54, 1.807) is 18.2 Å². The summed E-state index contributed by atoms with van der Waals surface area (Å²) in [5, 5.41) is 9.85. The molecule has 0 bridgehead atoms. The highest BCUT2D eigenvalue weighted by atomic mass is 35.5. The highest BCUT2D eigenvalue weighted by molar-refractivity contribution is 7.97. The van der Waals surface area contributed by atoms with Gasteiger partial charge in [0, 0.05) is 29.1 Å². The molecule has 1 heterocycles. The maximum atomic E-state index is 13.6. The average molecular weight is 411 g/mol. The molecule has 2 aromatic rings. The number of benzene rings is 2. The Bertz CT molecular complexity index is 882. The number of carbonyl (C=O) groups excluding carboxylic acids is 1. The van der Waals surface area contributed by atoms with Crippen molar-refractivity contribution in [1.29, 1.82) is 5.26 Å². The van der Waals surface area contributed by atoms with Gasteiger partial charge in [0.25, 0.3) is 0 Å². The lowest BCUT2D eigenvalue weighted by molar-refractivity contribution is -0.124. The molecule has 8 heteroatoms. The molecule has 1 aliphatic rings. The Morgan fingerprint density at radius 1 is 1.31 bits per heavy atom. The third-order valence-electron chi connectivity index (χ3n) is 3.94. The summed E-state index contributed by atoms with van der Waals surface area (Å²) in [6.07, 6.45) is 0.869. The van der Waals surface area contributed by atoms with Crippen LogP contribution < -0.4 is 4.74 Å². The Hall–Kier alpha value is -1.78. The SMILES string of the molecule is N#Cc1ccc(OCC2(C=O)CN(Sc3ccc(Cl)cc3Cl)C2)cc1F. The van der Waals surface area contributed by atoms with Crippen LogP contribution in [0.3, 0.4) is 0 Å².